The largest absolute Gasteiger partial charge is 0.480 e. The number of allylic oxidation sites excluding steroid dienone is 2. The van der Waals surface area contributed by atoms with Gasteiger partial charge in [-0.2, -0.15) is 0 Å². The van der Waals surface area contributed by atoms with E-state index in [0.29, 0.717) is 12.0 Å². The Hall–Kier alpha value is -2.70. The summed E-state index contributed by atoms with van der Waals surface area (Å²) in [6.07, 6.45) is 5.42. The van der Waals surface area contributed by atoms with Crippen LogP contribution in [0.3, 0.4) is 0 Å². The smallest absolute Gasteiger partial charge is 0.324 e. The van der Waals surface area contributed by atoms with E-state index >= 15 is 0 Å². The van der Waals surface area contributed by atoms with Crippen LogP contribution in [0.15, 0.2) is 24.3 Å². The number of benzene rings is 1. The molecule has 1 aromatic carbocycles. The fraction of sp³-hybridized carbons (Fsp3) is 0.412. The number of carboxylic acid groups (broad SMARTS) is 1. The maximum atomic E-state index is 11.9. The lowest BCUT2D eigenvalue weighted by atomic mass is 9.89. The summed E-state index contributed by atoms with van der Waals surface area (Å²) in [6.45, 7) is 1.65. The number of nitro groups is 1. The third kappa shape index (κ3) is 3.79. The van der Waals surface area contributed by atoms with Crippen molar-refractivity contribution in [1.82, 2.24) is 0 Å². The molecule has 1 unspecified atom stereocenters. The SMILES string of the molecule is CCOC(=O)C(C(=O)O)c1ccc([N+](=O)[O-])c(C2=CCCCC2)c1. The van der Waals surface area contributed by atoms with E-state index < -0.39 is 22.8 Å². The van der Waals surface area contributed by atoms with Crippen LogP contribution in [-0.2, 0) is 14.3 Å². The molecule has 0 heterocycles. The monoisotopic (exact) mass is 333 g/mol. The van der Waals surface area contributed by atoms with Crippen molar-refractivity contribution in [1.29, 1.82) is 0 Å². The number of carbonyl (C=O) groups excluding carboxylic acids is 1. The van der Waals surface area contributed by atoms with Crippen molar-refractivity contribution in [3.05, 3.63) is 45.5 Å². The molecule has 1 atom stereocenters. The summed E-state index contributed by atoms with van der Waals surface area (Å²) >= 11 is 0. The first-order valence-electron chi connectivity index (χ1n) is 7.83. The molecular weight excluding hydrogens is 314 g/mol. The molecule has 1 aliphatic rings. The van der Waals surface area contributed by atoms with Crippen LogP contribution in [0.1, 0.15) is 49.7 Å². The van der Waals surface area contributed by atoms with Gasteiger partial charge in [-0.1, -0.05) is 12.1 Å². The number of nitro benzene ring substituents is 1. The number of carbonyl (C=O) groups is 2. The standard InChI is InChI=1S/C17H19NO6/c1-2-24-17(21)15(16(19)20)12-8-9-14(18(22)23)13(10-12)11-6-4-3-5-7-11/h6,8-10,15H,2-5,7H2,1H3,(H,19,20). The topological polar surface area (TPSA) is 107 Å². The number of hydrogen-bond acceptors (Lipinski definition) is 5. The highest BCUT2D eigenvalue weighted by Crippen LogP contribution is 2.35. The van der Waals surface area contributed by atoms with E-state index in [-0.39, 0.29) is 17.9 Å². The molecule has 7 nitrogen and oxygen atoms in total. The Labute approximate surface area is 139 Å². The molecule has 0 aromatic heterocycles. The average Bonchev–Trinajstić information content (AvgIpc) is 2.55. The number of carboxylic acids is 1. The fourth-order valence-electron chi connectivity index (χ4n) is 2.84. The summed E-state index contributed by atoms with van der Waals surface area (Å²) in [7, 11) is 0. The van der Waals surface area contributed by atoms with E-state index in [1.807, 2.05) is 6.08 Å². The van der Waals surface area contributed by atoms with Crippen molar-refractivity contribution >= 4 is 23.2 Å². The molecule has 0 saturated heterocycles. The second kappa shape index (κ2) is 7.72. The van der Waals surface area contributed by atoms with Gasteiger partial charge >= 0.3 is 11.9 Å². The molecule has 0 aliphatic heterocycles. The minimum absolute atomic E-state index is 0.0631. The van der Waals surface area contributed by atoms with Gasteiger partial charge < -0.3 is 9.84 Å². The molecule has 0 radical (unpaired) electrons. The lowest BCUT2D eigenvalue weighted by Crippen LogP contribution is -2.24. The minimum Gasteiger partial charge on any atom is -0.480 e. The molecule has 128 valence electrons. The number of hydrogen-bond donors (Lipinski definition) is 1. The molecule has 24 heavy (non-hydrogen) atoms. The second-order valence-electron chi connectivity index (χ2n) is 5.53. The van der Waals surface area contributed by atoms with Gasteiger partial charge in [0, 0.05) is 6.07 Å². The summed E-state index contributed by atoms with van der Waals surface area (Å²) in [5, 5.41) is 20.6. The van der Waals surface area contributed by atoms with Crippen LogP contribution in [0.4, 0.5) is 5.69 Å². The van der Waals surface area contributed by atoms with E-state index in [1.54, 1.807) is 6.92 Å². The Morgan fingerprint density at radius 1 is 1.38 bits per heavy atom. The van der Waals surface area contributed by atoms with Crippen molar-refractivity contribution in [3.8, 4) is 0 Å². The molecular formula is C17H19NO6. The first kappa shape index (κ1) is 17.7. The van der Waals surface area contributed by atoms with Crippen molar-refractivity contribution in [2.24, 2.45) is 0 Å². The first-order valence-corrected chi connectivity index (χ1v) is 7.83. The average molecular weight is 333 g/mol. The van der Waals surface area contributed by atoms with E-state index in [2.05, 4.69) is 0 Å². The zero-order chi connectivity index (χ0) is 17.7. The highest BCUT2D eigenvalue weighted by Gasteiger charge is 2.31. The molecule has 1 aliphatic carbocycles. The van der Waals surface area contributed by atoms with Crippen LogP contribution in [0.2, 0.25) is 0 Å². The van der Waals surface area contributed by atoms with E-state index in [4.69, 9.17) is 4.74 Å². The highest BCUT2D eigenvalue weighted by molar-refractivity contribution is 6.00. The fourth-order valence-corrected chi connectivity index (χ4v) is 2.84. The van der Waals surface area contributed by atoms with Crippen molar-refractivity contribution in [2.45, 2.75) is 38.5 Å². The third-order valence-corrected chi connectivity index (χ3v) is 3.96. The van der Waals surface area contributed by atoms with E-state index in [0.717, 1.165) is 24.8 Å². The van der Waals surface area contributed by atoms with Gasteiger partial charge in [-0.3, -0.25) is 19.7 Å². The molecule has 0 fully saturated rings. The van der Waals surface area contributed by atoms with Gasteiger partial charge in [0.2, 0.25) is 0 Å². The van der Waals surface area contributed by atoms with E-state index in [1.165, 1.54) is 18.2 Å². The van der Waals surface area contributed by atoms with Gasteiger partial charge in [0.15, 0.2) is 5.92 Å². The number of rotatable bonds is 6. The Kier molecular flexibility index (Phi) is 5.68. The van der Waals surface area contributed by atoms with Crippen LogP contribution in [-0.4, -0.2) is 28.6 Å². The number of esters is 1. The van der Waals surface area contributed by atoms with Crippen LogP contribution in [0.25, 0.3) is 5.57 Å². The zero-order valence-corrected chi connectivity index (χ0v) is 13.4. The highest BCUT2D eigenvalue weighted by atomic mass is 16.6. The quantitative estimate of drug-likeness (QED) is 0.370. The second-order valence-corrected chi connectivity index (χ2v) is 5.53. The van der Waals surface area contributed by atoms with Crippen LogP contribution in [0.5, 0.6) is 0 Å². The van der Waals surface area contributed by atoms with Gasteiger partial charge in [0.1, 0.15) is 0 Å². The van der Waals surface area contributed by atoms with Gasteiger partial charge in [-0.25, -0.2) is 0 Å². The molecule has 0 bridgehead atoms. The minimum atomic E-state index is -1.49. The number of ether oxygens (including phenoxy) is 1. The predicted octanol–water partition coefficient (Wildman–Crippen LogP) is 3.28. The third-order valence-electron chi connectivity index (χ3n) is 3.96. The van der Waals surface area contributed by atoms with Crippen LogP contribution in [0, 0.1) is 10.1 Å². The van der Waals surface area contributed by atoms with Gasteiger partial charge in [-0.15, -0.1) is 0 Å². The Morgan fingerprint density at radius 3 is 2.67 bits per heavy atom. The summed E-state index contributed by atoms with van der Waals surface area (Å²) < 4.78 is 4.81. The van der Waals surface area contributed by atoms with Gasteiger partial charge in [0.25, 0.3) is 5.69 Å². The number of aliphatic carboxylic acids is 1. The Balaban J connectivity index is 2.51. The molecule has 7 heteroatoms. The molecule has 1 N–H and O–H groups in total. The summed E-state index contributed by atoms with van der Waals surface area (Å²) in [5.41, 5.74) is 1.31. The Morgan fingerprint density at radius 2 is 2.12 bits per heavy atom. The molecule has 0 amide bonds. The summed E-state index contributed by atoms with van der Waals surface area (Å²) in [5.74, 6) is -3.71. The normalized spacial score (nSPS) is 15.3. The summed E-state index contributed by atoms with van der Waals surface area (Å²) in [6, 6.07) is 4.00. The van der Waals surface area contributed by atoms with E-state index in [9.17, 15) is 24.8 Å². The molecule has 1 aromatic rings. The maximum absolute atomic E-state index is 11.9. The predicted molar refractivity (Wildman–Crippen MR) is 86.6 cm³/mol. The lowest BCUT2D eigenvalue weighted by molar-refractivity contribution is -0.385. The summed E-state index contributed by atoms with van der Waals surface area (Å²) in [4.78, 5) is 34.2. The molecule has 0 spiro atoms. The van der Waals surface area contributed by atoms with Gasteiger partial charge in [0.05, 0.1) is 17.1 Å². The van der Waals surface area contributed by atoms with Crippen molar-refractivity contribution < 1.29 is 24.4 Å². The maximum Gasteiger partial charge on any atom is 0.324 e. The van der Waals surface area contributed by atoms with Crippen molar-refractivity contribution in [2.75, 3.05) is 6.61 Å². The Bertz CT molecular complexity index is 694. The van der Waals surface area contributed by atoms with Crippen molar-refractivity contribution in [3.63, 3.8) is 0 Å². The zero-order valence-electron chi connectivity index (χ0n) is 13.4. The molecule has 2 rings (SSSR count). The van der Waals surface area contributed by atoms with Crippen LogP contribution < -0.4 is 0 Å². The number of nitrogens with zero attached hydrogens (tertiary/aromatic N) is 1. The lowest BCUT2D eigenvalue weighted by Gasteiger charge is -2.16. The first-order chi connectivity index (χ1) is 11.5. The molecule has 0 saturated carbocycles. The van der Waals surface area contributed by atoms with Gasteiger partial charge in [-0.05, 0) is 49.8 Å². The van der Waals surface area contributed by atoms with Crippen LogP contribution >= 0.6 is 0 Å².